The first-order valence-electron chi connectivity index (χ1n) is 7.03. The maximum atomic E-state index is 13.7. The lowest BCUT2D eigenvalue weighted by atomic mass is 10.1. The van der Waals surface area contributed by atoms with Gasteiger partial charge in [-0.05, 0) is 25.0 Å². The van der Waals surface area contributed by atoms with Gasteiger partial charge in [0, 0.05) is 18.8 Å². The number of benzene rings is 1. The number of nitriles is 1. The molecule has 1 saturated heterocycles. The van der Waals surface area contributed by atoms with Crippen molar-refractivity contribution in [3.63, 3.8) is 0 Å². The van der Waals surface area contributed by atoms with Gasteiger partial charge in [0.15, 0.2) is 0 Å². The molecule has 8 heteroatoms. The molecule has 1 fully saturated rings. The molecular formula is C15H13ClF2N4O. The van der Waals surface area contributed by atoms with Crippen LogP contribution in [-0.4, -0.2) is 23.0 Å². The van der Waals surface area contributed by atoms with E-state index in [1.54, 1.807) is 4.68 Å². The predicted molar refractivity (Wildman–Crippen MR) is 80.8 cm³/mol. The Morgan fingerprint density at radius 1 is 1.30 bits per heavy atom. The van der Waals surface area contributed by atoms with E-state index in [2.05, 4.69) is 5.10 Å². The topological polar surface area (TPSA) is 76.9 Å². The van der Waals surface area contributed by atoms with Gasteiger partial charge in [-0.25, -0.2) is 13.5 Å². The molecule has 1 aromatic carbocycles. The second kappa shape index (κ2) is 6.14. The highest BCUT2D eigenvalue weighted by Gasteiger charge is 2.25. The Hall–Kier alpha value is -2.17. The Bertz CT molecular complexity index is 771. The van der Waals surface area contributed by atoms with Gasteiger partial charge in [0.25, 0.3) is 0 Å². The van der Waals surface area contributed by atoms with Crippen LogP contribution in [0.15, 0.2) is 12.1 Å². The molecule has 3 rings (SSSR count). The number of halogens is 3. The number of hydrogen-bond acceptors (Lipinski definition) is 4. The molecule has 0 saturated carbocycles. The van der Waals surface area contributed by atoms with Crippen LogP contribution in [0.1, 0.15) is 24.4 Å². The Labute approximate surface area is 136 Å². The lowest BCUT2D eigenvalue weighted by molar-refractivity contribution is 0.0669. The van der Waals surface area contributed by atoms with Crippen LogP contribution in [0.3, 0.4) is 0 Å². The van der Waals surface area contributed by atoms with Gasteiger partial charge in [-0.3, -0.25) is 0 Å². The molecule has 1 aromatic heterocycles. The zero-order valence-electron chi connectivity index (χ0n) is 12.0. The van der Waals surface area contributed by atoms with Crippen molar-refractivity contribution >= 4 is 17.4 Å². The number of nitrogens with zero attached hydrogens (tertiary/aromatic N) is 3. The Balaban J connectivity index is 2.11. The first-order chi connectivity index (χ1) is 11.0. The minimum absolute atomic E-state index is 0.00778. The molecule has 0 spiro atoms. The standard InChI is InChI=1S/C15H13ClF2N4O/c16-13-11(17)5-8(6-12(13)18)14-10(7-19)15(20)22(21-14)9-1-3-23-4-2-9/h5-6,9H,1-4,20H2. The third-order valence-corrected chi connectivity index (χ3v) is 4.21. The van der Waals surface area contributed by atoms with Crippen molar-refractivity contribution in [2.45, 2.75) is 18.9 Å². The van der Waals surface area contributed by atoms with E-state index in [0.29, 0.717) is 26.1 Å². The monoisotopic (exact) mass is 338 g/mol. The Morgan fingerprint density at radius 2 is 1.91 bits per heavy atom. The number of nitrogen functional groups attached to an aromatic ring is 1. The van der Waals surface area contributed by atoms with Crippen molar-refractivity contribution in [1.82, 2.24) is 9.78 Å². The fourth-order valence-corrected chi connectivity index (χ4v) is 2.77. The highest BCUT2D eigenvalue weighted by molar-refractivity contribution is 6.31. The molecule has 1 aliphatic heterocycles. The van der Waals surface area contributed by atoms with E-state index < -0.39 is 16.7 Å². The second-order valence-electron chi connectivity index (χ2n) is 5.26. The minimum Gasteiger partial charge on any atom is -0.383 e. The number of anilines is 1. The van der Waals surface area contributed by atoms with E-state index >= 15 is 0 Å². The summed E-state index contributed by atoms with van der Waals surface area (Å²) < 4.78 is 34.2. The lowest BCUT2D eigenvalue weighted by Crippen LogP contribution is -2.21. The molecule has 23 heavy (non-hydrogen) atoms. The molecule has 5 nitrogen and oxygen atoms in total. The fourth-order valence-electron chi connectivity index (χ4n) is 2.66. The van der Waals surface area contributed by atoms with Gasteiger partial charge < -0.3 is 10.5 Å². The van der Waals surface area contributed by atoms with Gasteiger partial charge in [0.2, 0.25) is 0 Å². The van der Waals surface area contributed by atoms with E-state index in [-0.39, 0.29) is 28.7 Å². The summed E-state index contributed by atoms with van der Waals surface area (Å²) in [6, 6.07) is 4.04. The summed E-state index contributed by atoms with van der Waals surface area (Å²) in [5.41, 5.74) is 6.38. The molecule has 0 radical (unpaired) electrons. The van der Waals surface area contributed by atoms with Gasteiger partial charge in [-0.15, -0.1) is 0 Å². The highest BCUT2D eigenvalue weighted by atomic mass is 35.5. The quantitative estimate of drug-likeness (QED) is 0.852. The van der Waals surface area contributed by atoms with Crippen molar-refractivity contribution < 1.29 is 13.5 Å². The first-order valence-corrected chi connectivity index (χ1v) is 7.41. The summed E-state index contributed by atoms with van der Waals surface area (Å²) in [7, 11) is 0. The zero-order valence-corrected chi connectivity index (χ0v) is 12.8. The third-order valence-electron chi connectivity index (χ3n) is 3.85. The molecular weight excluding hydrogens is 326 g/mol. The molecule has 2 heterocycles. The number of nitrogens with two attached hydrogens (primary N) is 1. The van der Waals surface area contributed by atoms with Gasteiger partial charge >= 0.3 is 0 Å². The molecule has 0 amide bonds. The molecule has 0 aliphatic carbocycles. The summed E-state index contributed by atoms with van der Waals surface area (Å²) >= 11 is 5.49. The van der Waals surface area contributed by atoms with Crippen LogP contribution >= 0.6 is 11.6 Å². The number of hydrogen-bond donors (Lipinski definition) is 1. The van der Waals surface area contributed by atoms with Crippen LogP contribution in [0.5, 0.6) is 0 Å². The van der Waals surface area contributed by atoms with Crippen LogP contribution in [0.4, 0.5) is 14.6 Å². The molecule has 2 N–H and O–H groups in total. The maximum absolute atomic E-state index is 13.7. The number of aromatic nitrogens is 2. The molecule has 120 valence electrons. The lowest BCUT2D eigenvalue weighted by Gasteiger charge is -2.23. The van der Waals surface area contributed by atoms with Gasteiger partial charge in [0.1, 0.15) is 39.8 Å². The molecule has 1 aliphatic rings. The first kappa shape index (κ1) is 15.7. The van der Waals surface area contributed by atoms with Crippen LogP contribution in [-0.2, 0) is 4.74 Å². The van der Waals surface area contributed by atoms with Crippen molar-refractivity contribution in [1.29, 1.82) is 5.26 Å². The molecule has 2 aromatic rings. The van der Waals surface area contributed by atoms with Gasteiger partial charge in [-0.1, -0.05) is 11.6 Å². The molecule has 0 atom stereocenters. The van der Waals surface area contributed by atoms with E-state index in [4.69, 9.17) is 22.1 Å². The Morgan fingerprint density at radius 3 is 2.48 bits per heavy atom. The second-order valence-corrected chi connectivity index (χ2v) is 5.64. The summed E-state index contributed by atoms with van der Waals surface area (Å²) in [5, 5.41) is 13.1. The van der Waals surface area contributed by atoms with E-state index in [9.17, 15) is 14.0 Å². The zero-order chi connectivity index (χ0) is 16.6. The maximum Gasteiger partial charge on any atom is 0.145 e. The summed E-state index contributed by atoms with van der Waals surface area (Å²) in [6.07, 6.45) is 1.42. The number of rotatable bonds is 2. The smallest absolute Gasteiger partial charge is 0.145 e. The summed E-state index contributed by atoms with van der Waals surface area (Å²) in [4.78, 5) is 0. The average molecular weight is 339 g/mol. The highest BCUT2D eigenvalue weighted by Crippen LogP contribution is 2.33. The number of ether oxygens (including phenoxy) is 1. The van der Waals surface area contributed by atoms with E-state index in [0.717, 1.165) is 12.1 Å². The summed E-state index contributed by atoms with van der Waals surface area (Å²) in [5.74, 6) is -1.64. The third kappa shape index (κ3) is 2.76. The molecule has 0 bridgehead atoms. The van der Waals surface area contributed by atoms with Crippen LogP contribution in [0, 0.1) is 23.0 Å². The van der Waals surface area contributed by atoms with E-state index in [1.165, 1.54) is 0 Å². The van der Waals surface area contributed by atoms with Crippen molar-refractivity contribution in [3.8, 4) is 17.3 Å². The largest absolute Gasteiger partial charge is 0.383 e. The average Bonchev–Trinajstić information content (AvgIpc) is 2.89. The predicted octanol–water partition coefficient (Wildman–Crippen LogP) is 3.29. The van der Waals surface area contributed by atoms with E-state index in [1.807, 2.05) is 6.07 Å². The van der Waals surface area contributed by atoms with Crippen molar-refractivity contribution in [2.75, 3.05) is 18.9 Å². The van der Waals surface area contributed by atoms with Crippen LogP contribution in [0.2, 0.25) is 5.02 Å². The Kier molecular flexibility index (Phi) is 4.20. The fraction of sp³-hybridized carbons (Fsp3) is 0.333. The normalized spacial score (nSPS) is 15.6. The molecule has 0 unspecified atom stereocenters. The van der Waals surface area contributed by atoms with Gasteiger partial charge in [-0.2, -0.15) is 10.4 Å². The summed E-state index contributed by atoms with van der Waals surface area (Å²) in [6.45, 7) is 1.15. The van der Waals surface area contributed by atoms with Crippen LogP contribution in [0.25, 0.3) is 11.3 Å². The van der Waals surface area contributed by atoms with Crippen molar-refractivity contribution in [3.05, 3.63) is 34.4 Å². The minimum atomic E-state index is -0.912. The van der Waals surface area contributed by atoms with Crippen molar-refractivity contribution in [2.24, 2.45) is 0 Å². The SMILES string of the molecule is N#Cc1c(-c2cc(F)c(Cl)c(F)c2)nn(C2CCOCC2)c1N. The van der Waals surface area contributed by atoms with Crippen LogP contribution < -0.4 is 5.73 Å². The van der Waals surface area contributed by atoms with Gasteiger partial charge in [0.05, 0.1) is 6.04 Å².